The van der Waals surface area contributed by atoms with Crippen LogP contribution in [0.3, 0.4) is 0 Å². The molecule has 1 rings (SSSR count). The second-order valence-corrected chi connectivity index (χ2v) is 6.05. The average molecular weight is 290 g/mol. The predicted molar refractivity (Wildman–Crippen MR) is 91.8 cm³/mol. The summed E-state index contributed by atoms with van der Waals surface area (Å²) >= 11 is 0. The van der Waals surface area contributed by atoms with E-state index in [0.717, 1.165) is 6.42 Å². The molecule has 0 aliphatic carbocycles. The number of aryl methyl sites for hydroxylation is 1. The summed E-state index contributed by atoms with van der Waals surface area (Å²) in [5.74, 6) is 0. The van der Waals surface area contributed by atoms with E-state index in [9.17, 15) is 0 Å². The van der Waals surface area contributed by atoms with Crippen molar-refractivity contribution in [1.29, 1.82) is 0 Å². The van der Waals surface area contributed by atoms with E-state index >= 15 is 0 Å². The minimum absolute atomic E-state index is 0.571. The zero-order valence-corrected chi connectivity index (χ0v) is 13.6. The van der Waals surface area contributed by atoms with Crippen molar-refractivity contribution in [3.63, 3.8) is 0 Å². The topological polar surface area (TPSA) is 40.5 Å². The minimum Gasteiger partial charge on any atom is -0.423 e. The largest absolute Gasteiger partial charge is 0.488 e. The van der Waals surface area contributed by atoms with E-state index in [4.69, 9.17) is 10.0 Å². The first-order valence-electron chi connectivity index (χ1n) is 8.69. The van der Waals surface area contributed by atoms with Gasteiger partial charge in [0.15, 0.2) is 0 Å². The van der Waals surface area contributed by atoms with Crippen molar-refractivity contribution in [1.82, 2.24) is 0 Å². The van der Waals surface area contributed by atoms with Crippen LogP contribution < -0.4 is 5.46 Å². The fraction of sp³-hybridized carbons (Fsp3) is 0.667. The molecule has 0 spiro atoms. The Kier molecular flexibility index (Phi) is 10.3. The third kappa shape index (κ3) is 8.95. The van der Waals surface area contributed by atoms with Crippen LogP contribution in [-0.2, 0) is 6.42 Å². The number of hydrogen-bond acceptors (Lipinski definition) is 2. The lowest BCUT2D eigenvalue weighted by atomic mass is 9.80. The van der Waals surface area contributed by atoms with Crippen molar-refractivity contribution >= 4 is 12.6 Å². The van der Waals surface area contributed by atoms with Crippen molar-refractivity contribution in [3.05, 3.63) is 29.8 Å². The van der Waals surface area contributed by atoms with Crippen LogP contribution in [-0.4, -0.2) is 17.2 Å². The molecule has 0 atom stereocenters. The Morgan fingerprint density at radius 2 is 1.19 bits per heavy atom. The van der Waals surface area contributed by atoms with Gasteiger partial charge in [-0.25, -0.2) is 0 Å². The van der Waals surface area contributed by atoms with Gasteiger partial charge in [0.05, 0.1) is 0 Å². The number of hydrogen-bond donors (Lipinski definition) is 2. The lowest BCUT2D eigenvalue weighted by Crippen LogP contribution is -2.29. The summed E-state index contributed by atoms with van der Waals surface area (Å²) < 4.78 is 0. The molecule has 118 valence electrons. The van der Waals surface area contributed by atoms with Gasteiger partial charge in [-0.3, -0.25) is 0 Å². The van der Waals surface area contributed by atoms with Gasteiger partial charge in [0.25, 0.3) is 0 Å². The van der Waals surface area contributed by atoms with E-state index in [0.29, 0.717) is 5.46 Å². The summed E-state index contributed by atoms with van der Waals surface area (Å²) in [6.07, 6.45) is 14.7. The molecule has 0 bridgehead atoms. The summed E-state index contributed by atoms with van der Waals surface area (Å²) in [6, 6.07) is 7.61. The quantitative estimate of drug-likeness (QED) is 0.454. The van der Waals surface area contributed by atoms with Gasteiger partial charge < -0.3 is 10.0 Å². The molecular weight excluding hydrogens is 259 g/mol. The SMILES string of the molecule is CCCCCCCCCCCCc1ccc(B(O)O)cc1. The molecule has 0 aliphatic heterocycles. The highest BCUT2D eigenvalue weighted by molar-refractivity contribution is 6.58. The van der Waals surface area contributed by atoms with Gasteiger partial charge in [0.1, 0.15) is 0 Å². The Morgan fingerprint density at radius 3 is 1.67 bits per heavy atom. The van der Waals surface area contributed by atoms with Crippen LogP contribution >= 0.6 is 0 Å². The molecule has 0 unspecified atom stereocenters. The summed E-state index contributed by atoms with van der Waals surface area (Å²) in [6.45, 7) is 2.26. The van der Waals surface area contributed by atoms with Gasteiger partial charge >= 0.3 is 7.12 Å². The highest BCUT2D eigenvalue weighted by Gasteiger charge is 2.09. The van der Waals surface area contributed by atoms with Crippen LogP contribution in [0.5, 0.6) is 0 Å². The van der Waals surface area contributed by atoms with Crippen LogP contribution in [0.1, 0.15) is 76.7 Å². The molecule has 0 fully saturated rings. The summed E-state index contributed by atoms with van der Waals surface area (Å²) in [5.41, 5.74) is 1.86. The van der Waals surface area contributed by atoms with E-state index in [1.165, 1.54) is 69.8 Å². The molecule has 0 aliphatic rings. The Hall–Kier alpha value is -0.795. The summed E-state index contributed by atoms with van der Waals surface area (Å²) in [4.78, 5) is 0. The molecule has 21 heavy (non-hydrogen) atoms. The van der Waals surface area contributed by atoms with Crippen LogP contribution in [0.4, 0.5) is 0 Å². The minimum atomic E-state index is -1.35. The molecule has 2 nitrogen and oxygen atoms in total. The molecule has 0 saturated heterocycles. The van der Waals surface area contributed by atoms with Crippen molar-refractivity contribution in [3.8, 4) is 0 Å². The van der Waals surface area contributed by atoms with Crippen LogP contribution in [0.2, 0.25) is 0 Å². The molecular formula is C18H31BO2. The van der Waals surface area contributed by atoms with Gasteiger partial charge in [0, 0.05) is 0 Å². The summed E-state index contributed by atoms with van der Waals surface area (Å²) in [7, 11) is -1.35. The molecule has 0 aromatic heterocycles. The van der Waals surface area contributed by atoms with Crippen molar-refractivity contribution in [2.45, 2.75) is 77.6 Å². The van der Waals surface area contributed by atoms with E-state index < -0.39 is 7.12 Å². The Morgan fingerprint density at radius 1 is 0.714 bits per heavy atom. The Bertz CT molecular complexity index is 349. The zero-order valence-electron chi connectivity index (χ0n) is 13.6. The zero-order chi connectivity index (χ0) is 15.3. The first-order valence-corrected chi connectivity index (χ1v) is 8.69. The van der Waals surface area contributed by atoms with Gasteiger partial charge in [-0.05, 0) is 23.9 Å². The normalized spacial score (nSPS) is 10.8. The third-order valence-corrected chi connectivity index (χ3v) is 4.10. The lowest BCUT2D eigenvalue weighted by Gasteiger charge is -2.04. The molecule has 0 saturated carbocycles. The highest BCUT2D eigenvalue weighted by Crippen LogP contribution is 2.12. The molecule has 0 heterocycles. The predicted octanol–water partition coefficient (Wildman–Crippen LogP) is 3.83. The molecule has 3 heteroatoms. The van der Waals surface area contributed by atoms with Crippen molar-refractivity contribution in [2.24, 2.45) is 0 Å². The van der Waals surface area contributed by atoms with E-state index in [1.54, 1.807) is 12.1 Å². The van der Waals surface area contributed by atoms with Crippen LogP contribution in [0.15, 0.2) is 24.3 Å². The molecule has 2 N–H and O–H groups in total. The monoisotopic (exact) mass is 290 g/mol. The molecule has 0 amide bonds. The van der Waals surface area contributed by atoms with E-state index in [-0.39, 0.29) is 0 Å². The smallest absolute Gasteiger partial charge is 0.423 e. The van der Waals surface area contributed by atoms with Crippen molar-refractivity contribution in [2.75, 3.05) is 0 Å². The lowest BCUT2D eigenvalue weighted by molar-refractivity contribution is 0.426. The average Bonchev–Trinajstić information content (AvgIpc) is 2.49. The van der Waals surface area contributed by atoms with Crippen LogP contribution in [0, 0.1) is 0 Å². The number of benzene rings is 1. The maximum atomic E-state index is 9.03. The maximum absolute atomic E-state index is 9.03. The second-order valence-electron chi connectivity index (χ2n) is 6.05. The van der Waals surface area contributed by atoms with Crippen LogP contribution in [0.25, 0.3) is 0 Å². The van der Waals surface area contributed by atoms with Crippen molar-refractivity contribution < 1.29 is 10.0 Å². The molecule has 0 radical (unpaired) electrons. The maximum Gasteiger partial charge on any atom is 0.488 e. The van der Waals surface area contributed by atoms with Gasteiger partial charge in [-0.2, -0.15) is 0 Å². The number of unbranched alkanes of at least 4 members (excludes halogenated alkanes) is 9. The fourth-order valence-electron chi connectivity index (χ4n) is 2.67. The highest BCUT2D eigenvalue weighted by atomic mass is 16.4. The van der Waals surface area contributed by atoms with E-state index in [1.807, 2.05) is 12.1 Å². The third-order valence-electron chi connectivity index (χ3n) is 4.10. The van der Waals surface area contributed by atoms with Gasteiger partial charge in [-0.15, -0.1) is 0 Å². The first kappa shape index (κ1) is 18.3. The van der Waals surface area contributed by atoms with Gasteiger partial charge in [0.2, 0.25) is 0 Å². The van der Waals surface area contributed by atoms with E-state index in [2.05, 4.69) is 6.92 Å². The second kappa shape index (κ2) is 11.8. The Balaban J connectivity index is 1.96. The fourth-order valence-corrected chi connectivity index (χ4v) is 2.67. The molecule has 1 aromatic rings. The standard InChI is InChI=1S/C18H31BO2/c1-2-3-4-5-6-7-8-9-10-11-12-17-13-15-18(16-14-17)19(20)21/h13-16,20-21H,2-12H2,1H3. The Labute approximate surface area is 130 Å². The molecule has 1 aromatic carbocycles. The summed E-state index contributed by atoms with van der Waals surface area (Å²) in [5, 5.41) is 18.1. The first-order chi connectivity index (χ1) is 10.2. The number of rotatable bonds is 12. The van der Waals surface area contributed by atoms with Gasteiger partial charge in [-0.1, -0.05) is 89.0 Å².